The number of rotatable bonds is 0. The fourth-order valence-corrected chi connectivity index (χ4v) is 0. The molecule has 4 heteroatoms. The second-order valence-corrected chi connectivity index (χ2v) is 0. The summed E-state index contributed by atoms with van der Waals surface area (Å²) < 4.78 is 0. The van der Waals surface area contributed by atoms with Gasteiger partial charge in [-0.1, -0.05) is 0 Å². The van der Waals surface area contributed by atoms with Crippen molar-refractivity contribution in [3.8, 4) is 0 Å². The molecule has 0 amide bonds. The molecule has 0 rings (SSSR count). The molecule has 0 aromatic rings. The Morgan fingerprint density at radius 1 is 1.25 bits per heavy atom. The Hall–Kier alpha value is 3.10. The quantitative estimate of drug-likeness (QED) is 0.457. The molecule has 0 aliphatic rings. The topological polar surface area (TPSA) is 0 Å². The van der Waals surface area contributed by atoms with Gasteiger partial charge in [0.1, 0.15) is 0 Å². The summed E-state index contributed by atoms with van der Waals surface area (Å²) in [6.07, 6.45) is 0. The van der Waals surface area contributed by atoms with Crippen LogP contribution in [0, 0.1) is 0 Å². The predicted molar refractivity (Wildman–Crippen MR) is 17.9 cm³/mol. The van der Waals surface area contributed by atoms with E-state index in [0.717, 1.165) is 0 Å². The summed E-state index contributed by atoms with van der Waals surface area (Å²) in [5.41, 5.74) is 0. The van der Waals surface area contributed by atoms with Crippen molar-refractivity contribution in [2.24, 2.45) is 0 Å². The van der Waals surface area contributed by atoms with Crippen LogP contribution >= 0.6 is 0 Å². The first kappa shape index (κ1) is 27.5. The Bertz CT molecular complexity index is 13.5. The predicted octanol–water partition coefficient (Wildman–Crippen LogP) is -1.34. The molecule has 0 bridgehead atoms. The third-order valence-electron chi connectivity index (χ3n) is 0. The smallest absolute Gasteiger partial charge is 1.00 e. The van der Waals surface area contributed by atoms with Gasteiger partial charge in [-0.25, -0.2) is 0 Å². The van der Waals surface area contributed by atoms with E-state index in [0.29, 0.717) is 0 Å². The van der Waals surface area contributed by atoms with E-state index >= 15 is 0 Å². The molecule has 1 radical (unpaired) electrons. The maximum Gasteiger partial charge on any atom is 2.00 e. The van der Waals surface area contributed by atoms with Gasteiger partial charge in [0.15, 0.2) is 0 Å². The van der Waals surface area contributed by atoms with Gasteiger partial charge in [0.25, 0.3) is 0 Å². The van der Waals surface area contributed by atoms with Gasteiger partial charge in [0, 0.05) is 44.1 Å². The molecule has 4 heavy (non-hydrogen) atoms. The SMILES string of the molecule is [BiH3].[H-].[H-].[Mg+2].[Nb].[Ti]. The van der Waals surface area contributed by atoms with Gasteiger partial charge in [0.05, 0.1) is 0 Å². The fraction of sp³-hybridized carbons (Fsp3) is 0. The van der Waals surface area contributed by atoms with Crippen LogP contribution in [0.3, 0.4) is 0 Å². The first-order valence-electron chi connectivity index (χ1n) is 0. The summed E-state index contributed by atoms with van der Waals surface area (Å²) in [7, 11) is 0. The number of hydrogen-bond donors (Lipinski definition) is 0. The fourth-order valence-electron chi connectivity index (χ4n) is 0. The molecule has 0 unspecified atom stereocenters. The van der Waals surface area contributed by atoms with Gasteiger partial charge in [-0.05, 0) is 0 Å². The Balaban J connectivity index is 0. The Kier molecular flexibility index (Phi) is 113. The maximum atomic E-state index is 0. The second kappa shape index (κ2) is 16.5. The zero-order valence-electron chi connectivity index (χ0n) is 4.36. The summed E-state index contributed by atoms with van der Waals surface area (Å²) in [5.74, 6) is 0. The average Bonchev–Trinajstić information content (AvgIpc) is 0. The molecule has 0 nitrogen and oxygen atoms in total. The van der Waals surface area contributed by atoms with E-state index in [2.05, 4.69) is 0 Å². The minimum Gasteiger partial charge on any atom is -1.00 e. The molecule has 0 saturated heterocycles. The zero-order valence-corrected chi connectivity index (χ0v) is 13.0. The summed E-state index contributed by atoms with van der Waals surface area (Å²) >= 11 is 0. The normalized spacial score (nSPS) is 0. The monoisotopic (exact) mass is 379 g/mol. The molecular weight excluding hydrogens is 374 g/mol. The molecular formula is H5BiMgNbTi. The molecule has 0 N–H and O–H groups in total. The van der Waals surface area contributed by atoms with Gasteiger partial charge in [-0.15, -0.1) is 0 Å². The molecule has 0 saturated carbocycles. The van der Waals surface area contributed by atoms with E-state index in [4.69, 9.17) is 0 Å². The van der Waals surface area contributed by atoms with Crippen LogP contribution in [-0.4, -0.2) is 49.3 Å². The van der Waals surface area contributed by atoms with Gasteiger partial charge in [-0.3, -0.25) is 0 Å². The first-order valence-corrected chi connectivity index (χ1v) is 0. The Labute approximate surface area is 94.5 Å². The summed E-state index contributed by atoms with van der Waals surface area (Å²) in [5, 5.41) is 0. The molecule has 0 spiro atoms. The van der Waals surface area contributed by atoms with Crippen molar-refractivity contribution in [3.63, 3.8) is 0 Å². The molecule has 0 aromatic carbocycles. The van der Waals surface area contributed by atoms with Crippen LogP contribution in [0.5, 0.6) is 0 Å². The molecule has 0 aromatic heterocycles. The van der Waals surface area contributed by atoms with E-state index in [1.54, 1.807) is 0 Å². The van der Waals surface area contributed by atoms with Crippen LogP contribution in [0.1, 0.15) is 2.85 Å². The summed E-state index contributed by atoms with van der Waals surface area (Å²) in [4.78, 5) is 0. The summed E-state index contributed by atoms with van der Waals surface area (Å²) in [6, 6.07) is 0. The maximum absolute atomic E-state index is 0. The Morgan fingerprint density at radius 2 is 1.25 bits per heavy atom. The van der Waals surface area contributed by atoms with Crippen LogP contribution in [0.25, 0.3) is 0 Å². The molecule has 21 valence electrons. The van der Waals surface area contributed by atoms with E-state index in [1.165, 1.54) is 0 Å². The molecule has 0 heterocycles. The first-order chi connectivity index (χ1) is 0. The number of hydrogen-bond acceptors (Lipinski definition) is 0. The standard InChI is InChI=1S/Bi.Mg.Nb.Ti.5H/q;+2;;;;;;2*-1. The van der Waals surface area contributed by atoms with E-state index < -0.39 is 0 Å². The van der Waals surface area contributed by atoms with Crippen LogP contribution in [0.15, 0.2) is 0 Å². The van der Waals surface area contributed by atoms with Crippen molar-refractivity contribution < 1.29 is 47.0 Å². The minimum atomic E-state index is 0. The molecule has 0 atom stereocenters. The van der Waals surface area contributed by atoms with Gasteiger partial charge < -0.3 is 2.85 Å². The van der Waals surface area contributed by atoms with Gasteiger partial charge in [0.2, 0.25) is 0 Å². The third kappa shape index (κ3) is 8.92. The molecule has 0 fully saturated rings. The Morgan fingerprint density at radius 3 is 1.25 bits per heavy atom. The van der Waals surface area contributed by atoms with Gasteiger partial charge >= 0.3 is 49.3 Å². The molecule has 0 aliphatic carbocycles. The minimum absolute atomic E-state index is 0. The van der Waals surface area contributed by atoms with Crippen molar-refractivity contribution in [1.29, 1.82) is 0 Å². The zero-order chi connectivity index (χ0) is 0. The summed E-state index contributed by atoms with van der Waals surface area (Å²) in [6.45, 7) is 0. The molecule has 0 aliphatic heterocycles. The van der Waals surface area contributed by atoms with Crippen molar-refractivity contribution in [2.75, 3.05) is 0 Å². The van der Waals surface area contributed by atoms with Crippen LogP contribution in [0.2, 0.25) is 0 Å². The van der Waals surface area contributed by atoms with E-state index in [-0.39, 0.29) is 96.2 Å². The largest absolute Gasteiger partial charge is 2.00 e. The van der Waals surface area contributed by atoms with E-state index in [9.17, 15) is 0 Å². The van der Waals surface area contributed by atoms with Crippen molar-refractivity contribution in [1.82, 2.24) is 0 Å². The van der Waals surface area contributed by atoms with Gasteiger partial charge in [-0.2, -0.15) is 0 Å². The second-order valence-electron chi connectivity index (χ2n) is 0. The van der Waals surface area contributed by atoms with Crippen molar-refractivity contribution in [3.05, 3.63) is 0 Å². The average molecular weight is 379 g/mol. The van der Waals surface area contributed by atoms with Crippen LogP contribution in [-0.2, 0) is 44.1 Å². The van der Waals surface area contributed by atoms with Crippen molar-refractivity contribution >= 4 is 49.3 Å². The third-order valence-corrected chi connectivity index (χ3v) is 0. The van der Waals surface area contributed by atoms with Crippen molar-refractivity contribution in [2.45, 2.75) is 0 Å². The van der Waals surface area contributed by atoms with Crippen LogP contribution < -0.4 is 0 Å². The van der Waals surface area contributed by atoms with E-state index in [1.807, 2.05) is 0 Å². The van der Waals surface area contributed by atoms with Crippen LogP contribution in [0.4, 0.5) is 0 Å².